The summed E-state index contributed by atoms with van der Waals surface area (Å²) in [5, 5.41) is 13.4. The highest BCUT2D eigenvalue weighted by Gasteiger charge is 2.27. The van der Waals surface area contributed by atoms with Crippen molar-refractivity contribution in [3.63, 3.8) is 0 Å². The molecule has 19 heavy (non-hydrogen) atoms. The smallest absolute Gasteiger partial charge is 0.274 e. The number of nitrogens with zero attached hydrogens (tertiary/aromatic N) is 3. The second kappa shape index (κ2) is 5.97. The molecule has 104 valence electrons. The molecule has 6 nitrogen and oxygen atoms in total. The van der Waals surface area contributed by atoms with E-state index in [1.54, 1.807) is 11.8 Å². The van der Waals surface area contributed by atoms with Gasteiger partial charge in [0.2, 0.25) is 0 Å². The monoisotopic (exact) mass is 265 g/mol. The summed E-state index contributed by atoms with van der Waals surface area (Å²) in [6, 6.07) is 2.69. The number of piperidine rings is 1. The van der Waals surface area contributed by atoms with Crippen LogP contribution in [0.3, 0.4) is 0 Å². The molecule has 1 N–H and O–H groups in total. The van der Waals surface area contributed by atoms with E-state index in [9.17, 15) is 14.7 Å². The number of likely N-dealkylation sites (tertiary alicyclic amines) is 1. The summed E-state index contributed by atoms with van der Waals surface area (Å²) in [6.07, 6.45) is 2.78. The normalized spacial score (nSPS) is 19.5. The van der Waals surface area contributed by atoms with Crippen LogP contribution in [0.2, 0.25) is 0 Å². The minimum absolute atomic E-state index is 0.0286. The first kappa shape index (κ1) is 13.7. The topological polar surface area (TPSA) is 75.4 Å². The molecule has 1 fully saturated rings. The Morgan fingerprint density at radius 3 is 2.95 bits per heavy atom. The number of aliphatic hydroxyl groups excluding tert-OH is 1. The Balaban J connectivity index is 2.25. The summed E-state index contributed by atoms with van der Waals surface area (Å²) in [4.78, 5) is 25.5. The van der Waals surface area contributed by atoms with E-state index in [4.69, 9.17) is 0 Å². The molecule has 2 heterocycles. The Morgan fingerprint density at radius 2 is 2.26 bits per heavy atom. The Hall–Kier alpha value is -1.69. The lowest BCUT2D eigenvalue weighted by Gasteiger charge is -2.34. The summed E-state index contributed by atoms with van der Waals surface area (Å²) in [5.74, 6) is -0.207. The molecule has 6 heteroatoms. The standard InChI is InChI=1S/C13H19N3O3/c1-2-16-12(18)7-6-11(14-16)13(19)15-8-4-3-5-10(15)9-17/h6-7,10,17H,2-5,8-9H2,1H3. The number of hydrogen-bond acceptors (Lipinski definition) is 4. The quantitative estimate of drug-likeness (QED) is 0.850. The largest absolute Gasteiger partial charge is 0.394 e. The molecule has 1 aliphatic rings. The molecule has 1 aliphatic heterocycles. The summed E-state index contributed by atoms with van der Waals surface area (Å²) in [5.41, 5.74) is 0.0539. The second-order valence-electron chi connectivity index (χ2n) is 4.70. The van der Waals surface area contributed by atoms with E-state index in [1.165, 1.54) is 16.8 Å². The molecule has 0 aliphatic carbocycles. The number of aliphatic hydroxyl groups is 1. The highest BCUT2D eigenvalue weighted by Crippen LogP contribution is 2.18. The van der Waals surface area contributed by atoms with Gasteiger partial charge in [-0.3, -0.25) is 9.59 Å². The third-order valence-electron chi connectivity index (χ3n) is 3.48. The molecule has 2 rings (SSSR count). The first-order valence-corrected chi connectivity index (χ1v) is 6.67. The Labute approximate surface area is 111 Å². The minimum atomic E-state index is -0.212. The van der Waals surface area contributed by atoms with Gasteiger partial charge in [0.25, 0.3) is 11.5 Å². The Bertz CT molecular complexity index is 512. The fraction of sp³-hybridized carbons (Fsp3) is 0.615. The van der Waals surface area contributed by atoms with Crippen LogP contribution in [-0.2, 0) is 6.54 Å². The average Bonchev–Trinajstić information content (AvgIpc) is 2.47. The first-order valence-electron chi connectivity index (χ1n) is 6.67. The van der Waals surface area contributed by atoms with Crippen molar-refractivity contribution in [1.82, 2.24) is 14.7 Å². The van der Waals surface area contributed by atoms with E-state index in [0.29, 0.717) is 13.1 Å². The minimum Gasteiger partial charge on any atom is -0.394 e. The zero-order chi connectivity index (χ0) is 13.8. The number of aryl methyl sites for hydroxylation is 1. The molecule has 1 saturated heterocycles. The van der Waals surface area contributed by atoms with Crippen molar-refractivity contribution in [1.29, 1.82) is 0 Å². The number of amides is 1. The van der Waals surface area contributed by atoms with Gasteiger partial charge in [-0.15, -0.1) is 0 Å². The van der Waals surface area contributed by atoms with Gasteiger partial charge >= 0.3 is 0 Å². The molecule has 0 aromatic carbocycles. The Kier molecular flexibility index (Phi) is 4.31. The molecule has 1 amide bonds. The van der Waals surface area contributed by atoms with Gasteiger partial charge in [-0.1, -0.05) is 0 Å². The van der Waals surface area contributed by atoms with E-state index in [2.05, 4.69) is 5.10 Å². The van der Waals surface area contributed by atoms with Gasteiger partial charge in [-0.25, -0.2) is 4.68 Å². The molecule has 0 saturated carbocycles. The molecule has 0 spiro atoms. The van der Waals surface area contributed by atoms with Crippen LogP contribution in [0.25, 0.3) is 0 Å². The van der Waals surface area contributed by atoms with E-state index in [-0.39, 0.29) is 29.8 Å². The number of hydrogen-bond donors (Lipinski definition) is 1. The maximum Gasteiger partial charge on any atom is 0.274 e. The van der Waals surface area contributed by atoms with E-state index < -0.39 is 0 Å². The summed E-state index contributed by atoms with van der Waals surface area (Å²) >= 11 is 0. The zero-order valence-corrected chi connectivity index (χ0v) is 11.1. The molecule has 1 unspecified atom stereocenters. The molecule has 1 aromatic rings. The van der Waals surface area contributed by atoms with Gasteiger partial charge in [-0.05, 0) is 32.3 Å². The van der Waals surface area contributed by atoms with Crippen LogP contribution in [0.15, 0.2) is 16.9 Å². The molecule has 1 atom stereocenters. The predicted octanol–water partition coefficient (Wildman–Crippen LogP) is 0.250. The second-order valence-corrected chi connectivity index (χ2v) is 4.70. The lowest BCUT2D eigenvalue weighted by Crippen LogP contribution is -2.46. The molecule has 0 radical (unpaired) electrons. The van der Waals surface area contributed by atoms with Gasteiger partial charge in [0.05, 0.1) is 12.6 Å². The maximum atomic E-state index is 12.4. The van der Waals surface area contributed by atoms with Crippen LogP contribution in [0.1, 0.15) is 36.7 Å². The van der Waals surface area contributed by atoms with Crippen molar-refractivity contribution in [3.05, 3.63) is 28.2 Å². The summed E-state index contributed by atoms with van der Waals surface area (Å²) < 4.78 is 1.27. The van der Waals surface area contributed by atoms with Crippen molar-refractivity contribution in [2.45, 2.75) is 38.8 Å². The van der Waals surface area contributed by atoms with Crippen LogP contribution >= 0.6 is 0 Å². The van der Waals surface area contributed by atoms with Gasteiger partial charge in [0.15, 0.2) is 0 Å². The summed E-state index contributed by atoms with van der Waals surface area (Å²) in [6.45, 7) is 2.85. The molecular weight excluding hydrogens is 246 g/mol. The number of carbonyl (C=O) groups is 1. The van der Waals surface area contributed by atoms with Gasteiger partial charge in [0.1, 0.15) is 5.69 Å². The van der Waals surface area contributed by atoms with Crippen LogP contribution < -0.4 is 5.56 Å². The maximum absolute atomic E-state index is 12.4. The first-order chi connectivity index (χ1) is 9.17. The fourth-order valence-corrected chi connectivity index (χ4v) is 2.39. The SMILES string of the molecule is CCn1nc(C(=O)N2CCCCC2CO)ccc1=O. The summed E-state index contributed by atoms with van der Waals surface area (Å²) in [7, 11) is 0. The fourth-order valence-electron chi connectivity index (χ4n) is 2.39. The van der Waals surface area contributed by atoms with E-state index in [0.717, 1.165) is 19.3 Å². The van der Waals surface area contributed by atoms with Gasteiger partial charge < -0.3 is 10.0 Å². The highest BCUT2D eigenvalue weighted by atomic mass is 16.3. The van der Waals surface area contributed by atoms with Crippen molar-refractivity contribution in [2.24, 2.45) is 0 Å². The molecular formula is C13H19N3O3. The third-order valence-corrected chi connectivity index (χ3v) is 3.48. The average molecular weight is 265 g/mol. The van der Waals surface area contributed by atoms with Crippen molar-refractivity contribution < 1.29 is 9.90 Å². The van der Waals surface area contributed by atoms with Crippen molar-refractivity contribution >= 4 is 5.91 Å². The van der Waals surface area contributed by atoms with E-state index >= 15 is 0 Å². The molecule has 0 bridgehead atoms. The van der Waals surface area contributed by atoms with Crippen molar-refractivity contribution in [3.8, 4) is 0 Å². The van der Waals surface area contributed by atoms with E-state index in [1.807, 2.05) is 0 Å². The van der Waals surface area contributed by atoms with Crippen molar-refractivity contribution in [2.75, 3.05) is 13.2 Å². The van der Waals surface area contributed by atoms with Crippen LogP contribution in [0.5, 0.6) is 0 Å². The van der Waals surface area contributed by atoms with Crippen LogP contribution in [-0.4, -0.2) is 44.9 Å². The Morgan fingerprint density at radius 1 is 1.47 bits per heavy atom. The van der Waals surface area contributed by atoms with Gasteiger partial charge in [0, 0.05) is 19.2 Å². The number of rotatable bonds is 3. The zero-order valence-electron chi connectivity index (χ0n) is 11.1. The lowest BCUT2D eigenvalue weighted by atomic mass is 10.0. The number of aromatic nitrogens is 2. The highest BCUT2D eigenvalue weighted by molar-refractivity contribution is 5.92. The third kappa shape index (κ3) is 2.84. The van der Waals surface area contributed by atoms with Gasteiger partial charge in [-0.2, -0.15) is 5.10 Å². The number of carbonyl (C=O) groups excluding carboxylic acids is 1. The van der Waals surface area contributed by atoms with Crippen LogP contribution in [0, 0.1) is 0 Å². The predicted molar refractivity (Wildman–Crippen MR) is 69.9 cm³/mol. The van der Waals surface area contributed by atoms with Crippen LogP contribution in [0.4, 0.5) is 0 Å². The molecule has 1 aromatic heterocycles. The lowest BCUT2D eigenvalue weighted by molar-refractivity contribution is 0.0494.